The van der Waals surface area contributed by atoms with Crippen molar-refractivity contribution in [3.05, 3.63) is 18.5 Å². The van der Waals surface area contributed by atoms with E-state index in [1.807, 2.05) is 12.1 Å². The number of piperazine rings is 1. The Morgan fingerprint density at radius 2 is 1.71 bits per heavy atom. The molecule has 1 N–H and O–H groups in total. The molecule has 21 heavy (non-hydrogen) atoms. The number of aromatic nitrogens is 2. The molecular formula is C14H19ClN4O2. The highest BCUT2D eigenvalue weighted by Crippen LogP contribution is 2.34. The van der Waals surface area contributed by atoms with Gasteiger partial charge < -0.3 is 19.7 Å². The highest BCUT2D eigenvalue weighted by atomic mass is 35.5. The number of hydrogen-bond donors (Lipinski definition) is 1. The van der Waals surface area contributed by atoms with Crippen molar-refractivity contribution in [2.24, 2.45) is 0 Å². The summed E-state index contributed by atoms with van der Waals surface area (Å²) < 4.78 is 10.7. The van der Waals surface area contributed by atoms with Gasteiger partial charge in [0.2, 0.25) is 0 Å². The molecule has 0 radical (unpaired) electrons. The zero-order chi connectivity index (χ0) is 13.9. The molecule has 0 amide bonds. The lowest BCUT2D eigenvalue weighted by Crippen LogP contribution is -2.44. The van der Waals surface area contributed by atoms with Crippen molar-refractivity contribution in [2.45, 2.75) is 0 Å². The number of anilines is 1. The highest BCUT2D eigenvalue weighted by molar-refractivity contribution is 5.92. The molecule has 0 atom stereocenters. The predicted octanol–water partition coefficient (Wildman–Crippen LogP) is 1.48. The van der Waals surface area contributed by atoms with Crippen molar-refractivity contribution in [2.75, 3.05) is 45.3 Å². The Morgan fingerprint density at radius 1 is 1.05 bits per heavy atom. The fraction of sp³-hybridized carbons (Fsp3) is 0.429. The average Bonchev–Trinajstić information content (AvgIpc) is 2.53. The third kappa shape index (κ3) is 2.96. The molecule has 2 heterocycles. The first-order valence-corrected chi connectivity index (χ1v) is 6.66. The molecule has 0 bridgehead atoms. The number of rotatable bonds is 3. The lowest BCUT2D eigenvalue weighted by Gasteiger charge is -2.29. The zero-order valence-electron chi connectivity index (χ0n) is 12.1. The Bertz CT molecular complexity index is 617. The van der Waals surface area contributed by atoms with E-state index in [-0.39, 0.29) is 12.4 Å². The predicted molar refractivity (Wildman–Crippen MR) is 85.0 cm³/mol. The molecule has 114 valence electrons. The number of halogens is 1. The summed E-state index contributed by atoms with van der Waals surface area (Å²) in [5, 5.41) is 4.34. The van der Waals surface area contributed by atoms with Crippen LogP contribution in [0.2, 0.25) is 0 Å². The van der Waals surface area contributed by atoms with Gasteiger partial charge >= 0.3 is 0 Å². The topological polar surface area (TPSA) is 59.5 Å². The van der Waals surface area contributed by atoms with E-state index in [1.54, 1.807) is 20.5 Å². The van der Waals surface area contributed by atoms with Crippen LogP contribution in [0.25, 0.3) is 10.9 Å². The van der Waals surface area contributed by atoms with Gasteiger partial charge in [0.05, 0.1) is 19.7 Å². The summed E-state index contributed by atoms with van der Waals surface area (Å²) in [6.45, 7) is 3.83. The van der Waals surface area contributed by atoms with E-state index in [1.165, 1.54) is 0 Å². The van der Waals surface area contributed by atoms with Gasteiger partial charge in [-0.05, 0) is 6.07 Å². The van der Waals surface area contributed by atoms with Crippen LogP contribution in [0.15, 0.2) is 18.5 Å². The molecule has 0 unspecified atom stereocenters. The molecular weight excluding hydrogens is 292 g/mol. The highest BCUT2D eigenvalue weighted by Gasteiger charge is 2.17. The van der Waals surface area contributed by atoms with E-state index in [2.05, 4.69) is 20.2 Å². The summed E-state index contributed by atoms with van der Waals surface area (Å²) in [7, 11) is 3.26. The van der Waals surface area contributed by atoms with Crippen LogP contribution in [0, 0.1) is 0 Å². The van der Waals surface area contributed by atoms with Crippen molar-refractivity contribution in [3.63, 3.8) is 0 Å². The summed E-state index contributed by atoms with van der Waals surface area (Å²) in [5.74, 6) is 2.34. The first kappa shape index (κ1) is 15.6. The Hall–Kier alpha value is -1.79. The van der Waals surface area contributed by atoms with Crippen LogP contribution in [0.4, 0.5) is 5.82 Å². The molecule has 1 aromatic carbocycles. The van der Waals surface area contributed by atoms with E-state index < -0.39 is 0 Å². The van der Waals surface area contributed by atoms with Gasteiger partial charge in [0, 0.05) is 37.6 Å². The number of nitrogens with one attached hydrogen (secondary N) is 1. The van der Waals surface area contributed by atoms with Crippen molar-refractivity contribution in [3.8, 4) is 11.5 Å². The molecule has 1 aliphatic rings. The first-order valence-electron chi connectivity index (χ1n) is 6.66. The van der Waals surface area contributed by atoms with E-state index in [0.717, 1.165) is 42.9 Å². The van der Waals surface area contributed by atoms with Crippen LogP contribution in [0.5, 0.6) is 11.5 Å². The maximum absolute atomic E-state index is 5.38. The number of hydrogen-bond acceptors (Lipinski definition) is 6. The fourth-order valence-corrected chi connectivity index (χ4v) is 2.50. The molecule has 1 aliphatic heterocycles. The van der Waals surface area contributed by atoms with E-state index in [9.17, 15) is 0 Å². The van der Waals surface area contributed by atoms with Gasteiger partial charge in [-0.1, -0.05) is 0 Å². The third-order valence-electron chi connectivity index (χ3n) is 3.54. The van der Waals surface area contributed by atoms with Crippen LogP contribution >= 0.6 is 12.4 Å². The van der Waals surface area contributed by atoms with E-state index in [4.69, 9.17) is 9.47 Å². The van der Waals surface area contributed by atoms with Gasteiger partial charge in [-0.25, -0.2) is 9.97 Å². The standard InChI is InChI=1S/C14H18N4O2.ClH/c1-19-12-7-10-11(8-13(12)20-2)16-9-17-14(10)18-5-3-15-4-6-18;/h7-9,15H,3-6H2,1-2H3;1H. The monoisotopic (exact) mass is 310 g/mol. The second-order valence-electron chi connectivity index (χ2n) is 4.66. The lowest BCUT2D eigenvalue weighted by molar-refractivity contribution is 0.356. The molecule has 0 spiro atoms. The van der Waals surface area contributed by atoms with Gasteiger partial charge in [-0.15, -0.1) is 12.4 Å². The smallest absolute Gasteiger partial charge is 0.162 e. The van der Waals surface area contributed by atoms with Gasteiger partial charge in [-0.3, -0.25) is 0 Å². The molecule has 0 saturated carbocycles. The molecule has 2 aromatic rings. The Balaban J connectivity index is 0.00000161. The summed E-state index contributed by atoms with van der Waals surface area (Å²) in [5.41, 5.74) is 0.867. The second-order valence-corrected chi connectivity index (χ2v) is 4.66. The van der Waals surface area contributed by atoms with Gasteiger partial charge in [-0.2, -0.15) is 0 Å². The molecule has 0 aliphatic carbocycles. The Morgan fingerprint density at radius 3 is 2.38 bits per heavy atom. The number of methoxy groups -OCH3 is 2. The summed E-state index contributed by atoms with van der Waals surface area (Å²) in [6, 6.07) is 3.84. The van der Waals surface area contributed by atoms with Gasteiger partial charge in [0.1, 0.15) is 12.1 Å². The van der Waals surface area contributed by atoms with Crippen LogP contribution < -0.4 is 19.7 Å². The van der Waals surface area contributed by atoms with Crippen LogP contribution in [0.3, 0.4) is 0 Å². The lowest BCUT2D eigenvalue weighted by atomic mass is 10.2. The molecule has 3 rings (SSSR count). The minimum absolute atomic E-state index is 0. The number of nitrogens with zero attached hydrogens (tertiary/aromatic N) is 3. The molecule has 1 aromatic heterocycles. The van der Waals surface area contributed by atoms with E-state index in [0.29, 0.717) is 11.5 Å². The van der Waals surface area contributed by atoms with Crippen LogP contribution in [-0.2, 0) is 0 Å². The third-order valence-corrected chi connectivity index (χ3v) is 3.54. The first-order chi connectivity index (χ1) is 9.83. The van der Waals surface area contributed by atoms with Crippen molar-refractivity contribution >= 4 is 29.1 Å². The number of fused-ring (bicyclic) bond motifs is 1. The van der Waals surface area contributed by atoms with Crippen molar-refractivity contribution < 1.29 is 9.47 Å². The molecule has 1 fully saturated rings. The minimum atomic E-state index is 0. The average molecular weight is 311 g/mol. The molecule has 1 saturated heterocycles. The van der Waals surface area contributed by atoms with Crippen LogP contribution in [-0.4, -0.2) is 50.4 Å². The van der Waals surface area contributed by atoms with Crippen LogP contribution in [0.1, 0.15) is 0 Å². The van der Waals surface area contributed by atoms with E-state index >= 15 is 0 Å². The van der Waals surface area contributed by atoms with Crippen molar-refractivity contribution in [1.29, 1.82) is 0 Å². The molecule has 6 nitrogen and oxygen atoms in total. The number of benzene rings is 1. The second kappa shape index (κ2) is 6.78. The quantitative estimate of drug-likeness (QED) is 0.926. The maximum atomic E-state index is 5.38. The SMILES string of the molecule is COc1cc2ncnc(N3CCNCC3)c2cc1OC.Cl. The molecule has 7 heteroatoms. The zero-order valence-corrected chi connectivity index (χ0v) is 12.9. The summed E-state index contributed by atoms with van der Waals surface area (Å²) >= 11 is 0. The Kier molecular flexibility index (Phi) is 5.03. The number of ether oxygens (including phenoxy) is 2. The maximum Gasteiger partial charge on any atom is 0.162 e. The normalized spacial score (nSPS) is 14.7. The largest absolute Gasteiger partial charge is 0.493 e. The van der Waals surface area contributed by atoms with Crippen molar-refractivity contribution in [1.82, 2.24) is 15.3 Å². The minimum Gasteiger partial charge on any atom is -0.493 e. The Labute approximate surface area is 129 Å². The summed E-state index contributed by atoms with van der Waals surface area (Å²) in [6.07, 6.45) is 1.60. The fourth-order valence-electron chi connectivity index (χ4n) is 2.50. The van der Waals surface area contributed by atoms with Gasteiger partial charge in [0.15, 0.2) is 11.5 Å². The van der Waals surface area contributed by atoms with Gasteiger partial charge in [0.25, 0.3) is 0 Å². The summed E-state index contributed by atoms with van der Waals surface area (Å²) in [4.78, 5) is 11.1.